The van der Waals surface area contributed by atoms with Gasteiger partial charge >= 0.3 is 0 Å². The van der Waals surface area contributed by atoms with Crippen molar-refractivity contribution in [1.82, 2.24) is 9.88 Å². The number of hydrazine groups is 1. The lowest BCUT2D eigenvalue weighted by molar-refractivity contribution is 0.0971. The minimum atomic E-state index is -2.33. The third kappa shape index (κ3) is 4.18. The molecule has 0 aliphatic rings. The standard InChI is InChI=1S/C9H14F2N4/c1-15(6-9(10)11)5-8-4-7(14-12)2-3-13-8/h2-4,9H,5-6,12H2,1H3,(H,13,14). The number of aromatic nitrogens is 1. The van der Waals surface area contributed by atoms with E-state index in [1.54, 1.807) is 25.4 Å². The molecule has 0 unspecified atom stereocenters. The number of anilines is 1. The Kier molecular flexibility index (Phi) is 4.38. The molecule has 4 nitrogen and oxygen atoms in total. The number of nitrogens with zero attached hydrogens (tertiary/aromatic N) is 2. The number of nitrogen functional groups attached to an aromatic ring is 1. The molecule has 0 aliphatic heterocycles. The highest BCUT2D eigenvalue weighted by atomic mass is 19.3. The van der Waals surface area contributed by atoms with Crippen molar-refractivity contribution in [2.45, 2.75) is 13.0 Å². The Balaban J connectivity index is 2.55. The number of nitrogens with two attached hydrogens (primary N) is 1. The second-order valence-electron chi connectivity index (χ2n) is 3.27. The molecule has 0 atom stereocenters. The van der Waals surface area contributed by atoms with E-state index in [4.69, 9.17) is 5.84 Å². The van der Waals surface area contributed by atoms with Crippen molar-refractivity contribution in [3.63, 3.8) is 0 Å². The summed E-state index contributed by atoms with van der Waals surface area (Å²) in [5.41, 5.74) is 3.89. The number of rotatable bonds is 5. The van der Waals surface area contributed by atoms with Crippen molar-refractivity contribution in [2.75, 3.05) is 19.0 Å². The zero-order valence-electron chi connectivity index (χ0n) is 8.45. The van der Waals surface area contributed by atoms with Crippen molar-refractivity contribution in [3.05, 3.63) is 24.0 Å². The Morgan fingerprint density at radius 2 is 2.33 bits per heavy atom. The van der Waals surface area contributed by atoms with Gasteiger partial charge in [-0.2, -0.15) is 0 Å². The number of nitrogens with one attached hydrogen (secondary N) is 1. The van der Waals surface area contributed by atoms with Crippen molar-refractivity contribution in [1.29, 1.82) is 0 Å². The van der Waals surface area contributed by atoms with Gasteiger partial charge in [0, 0.05) is 12.7 Å². The third-order valence-electron chi connectivity index (χ3n) is 1.86. The van der Waals surface area contributed by atoms with E-state index in [0.29, 0.717) is 17.9 Å². The highest BCUT2D eigenvalue weighted by Gasteiger charge is 2.08. The highest BCUT2D eigenvalue weighted by molar-refractivity contribution is 5.41. The summed E-state index contributed by atoms with van der Waals surface area (Å²) in [7, 11) is 1.62. The fraction of sp³-hybridized carbons (Fsp3) is 0.444. The number of halogens is 2. The van der Waals surface area contributed by atoms with Gasteiger partial charge in [-0.3, -0.25) is 15.7 Å². The van der Waals surface area contributed by atoms with E-state index in [1.807, 2.05) is 0 Å². The van der Waals surface area contributed by atoms with Gasteiger partial charge in [0.25, 0.3) is 6.43 Å². The minimum absolute atomic E-state index is 0.262. The van der Waals surface area contributed by atoms with Crippen LogP contribution >= 0.6 is 0 Å². The first-order chi connectivity index (χ1) is 7.11. The smallest absolute Gasteiger partial charge is 0.251 e. The first-order valence-electron chi connectivity index (χ1n) is 4.50. The third-order valence-corrected chi connectivity index (χ3v) is 1.86. The molecule has 0 aliphatic carbocycles. The molecule has 0 aromatic carbocycles. The highest BCUT2D eigenvalue weighted by Crippen LogP contribution is 2.08. The first-order valence-corrected chi connectivity index (χ1v) is 4.50. The van der Waals surface area contributed by atoms with Crippen LogP contribution in [0.3, 0.4) is 0 Å². The van der Waals surface area contributed by atoms with Crippen LogP contribution in [0.1, 0.15) is 5.69 Å². The monoisotopic (exact) mass is 216 g/mol. The topological polar surface area (TPSA) is 54.2 Å². The number of hydrogen-bond donors (Lipinski definition) is 2. The summed E-state index contributed by atoms with van der Waals surface area (Å²) in [5, 5.41) is 0. The van der Waals surface area contributed by atoms with E-state index in [1.165, 1.54) is 4.90 Å². The Morgan fingerprint density at radius 1 is 1.60 bits per heavy atom. The summed E-state index contributed by atoms with van der Waals surface area (Å²) in [6.07, 6.45) is -0.744. The number of alkyl halides is 2. The predicted octanol–water partition coefficient (Wildman–Crippen LogP) is 1.06. The lowest BCUT2D eigenvalue weighted by atomic mass is 10.3. The Labute approximate surface area is 87.1 Å². The number of hydrogen-bond acceptors (Lipinski definition) is 4. The summed E-state index contributed by atoms with van der Waals surface area (Å²) in [5.74, 6) is 5.22. The fourth-order valence-corrected chi connectivity index (χ4v) is 1.23. The number of pyridine rings is 1. The molecule has 3 N–H and O–H groups in total. The van der Waals surface area contributed by atoms with Gasteiger partial charge in [0.05, 0.1) is 17.9 Å². The average Bonchev–Trinajstić information content (AvgIpc) is 2.16. The molecule has 1 rings (SSSR count). The van der Waals surface area contributed by atoms with Gasteiger partial charge in [-0.1, -0.05) is 0 Å². The Bertz CT molecular complexity index is 306. The Morgan fingerprint density at radius 3 is 2.93 bits per heavy atom. The van der Waals surface area contributed by atoms with Crippen molar-refractivity contribution in [3.8, 4) is 0 Å². The predicted molar refractivity (Wildman–Crippen MR) is 54.4 cm³/mol. The van der Waals surface area contributed by atoms with E-state index in [9.17, 15) is 8.78 Å². The van der Waals surface area contributed by atoms with E-state index in [0.717, 1.165) is 0 Å². The van der Waals surface area contributed by atoms with Gasteiger partial charge in [0.15, 0.2) is 0 Å². The fourth-order valence-electron chi connectivity index (χ4n) is 1.23. The largest absolute Gasteiger partial charge is 0.324 e. The maximum absolute atomic E-state index is 12.0. The van der Waals surface area contributed by atoms with Crippen LogP contribution in [0.5, 0.6) is 0 Å². The molecule has 0 amide bonds. The van der Waals surface area contributed by atoms with Gasteiger partial charge in [0.1, 0.15) is 0 Å². The summed E-state index contributed by atoms with van der Waals surface area (Å²) in [6, 6.07) is 3.43. The normalized spacial score (nSPS) is 11.1. The lowest BCUT2D eigenvalue weighted by Crippen LogP contribution is -2.24. The summed E-state index contributed by atoms with van der Waals surface area (Å²) in [4.78, 5) is 5.56. The molecule has 15 heavy (non-hydrogen) atoms. The van der Waals surface area contributed by atoms with Crippen molar-refractivity contribution >= 4 is 5.69 Å². The van der Waals surface area contributed by atoms with Crippen LogP contribution in [0.25, 0.3) is 0 Å². The van der Waals surface area contributed by atoms with Crippen LogP contribution in [0.4, 0.5) is 14.5 Å². The van der Waals surface area contributed by atoms with E-state index < -0.39 is 6.43 Å². The summed E-state index contributed by atoms with van der Waals surface area (Å²) < 4.78 is 24.1. The van der Waals surface area contributed by atoms with Crippen molar-refractivity contribution < 1.29 is 8.78 Å². The summed E-state index contributed by atoms with van der Waals surface area (Å²) >= 11 is 0. The van der Waals surface area contributed by atoms with Crippen LogP contribution in [0.2, 0.25) is 0 Å². The molecule has 0 saturated heterocycles. The van der Waals surface area contributed by atoms with E-state index in [2.05, 4.69) is 10.4 Å². The SMILES string of the molecule is CN(Cc1cc(NN)ccn1)CC(F)F. The van der Waals surface area contributed by atoms with Crippen LogP contribution < -0.4 is 11.3 Å². The van der Waals surface area contributed by atoms with Crippen molar-refractivity contribution in [2.24, 2.45) is 5.84 Å². The molecule has 6 heteroatoms. The van der Waals surface area contributed by atoms with Gasteiger partial charge in [-0.15, -0.1) is 0 Å². The molecule has 1 aromatic rings. The van der Waals surface area contributed by atoms with E-state index >= 15 is 0 Å². The quantitative estimate of drug-likeness (QED) is 0.571. The van der Waals surface area contributed by atoms with E-state index in [-0.39, 0.29) is 6.54 Å². The summed E-state index contributed by atoms with van der Waals surface area (Å²) in [6.45, 7) is 0.113. The van der Waals surface area contributed by atoms with Crippen LogP contribution in [-0.4, -0.2) is 29.9 Å². The van der Waals surface area contributed by atoms with Gasteiger partial charge in [-0.25, -0.2) is 8.78 Å². The van der Waals surface area contributed by atoms with Gasteiger partial charge in [0.2, 0.25) is 0 Å². The molecule has 1 aromatic heterocycles. The van der Waals surface area contributed by atoms with Gasteiger partial charge in [-0.05, 0) is 19.2 Å². The maximum atomic E-state index is 12.0. The zero-order chi connectivity index (χ0) is 11.3. The molecule has 0 saturated carbocycles. The maximum Gasteiger partial charge on any atom is 0.251 e. The average molecular weight is 216 g/mol. The van der Waals surface area contributed by atoms with Gasteiger partial charge < -0.3 is 5.43 Å². The Hall–Kier alpha value is -1.27. The van der Waals surface area contributed by atoms with Crippen LogP contribution in [-0.2, 0) is 6.54 Å². The molecule has 0 radical (unpaired) electrons. The molecular formula is C9H14F2N4. The molecule has 84 valence electrons. The molecule has 1 heterocycles. The van der Waals surface area contributed by atoms with Crippen LogP contribution in [0.15, 0.2) is 18.3 Å². The zero-order valence-corrected chi connectivity index (χ0v) is 8.45. The lowest BCUT2D eigenvalue weighted by Gasteiger charge is -2.15. The van der Waals surface area contributed by atoms with Crippen LogP contribution in [0, 0.1) is 0 Å². The first kappa shape index (κ1) is 11.8. The second-order valence-corrected chi connectivity index (χ2v) is 3.27. The molecular weight excluding hydrogens is 202 g/mol. The molecule has 0 fully saturated rings. The minimum Gasteiger partial charge on any atom is -0.324 e. The molecule has 0 spiro atoms. The second kappa shape index (κ2) is 5.57. The molecule has 0 bridgehead atoms.